The first kappa shape index (κ1) is 9.69. The molecule has 1 aliphatic rings. The van der Waals surface area contributed by atoms with Gasteiger partial charge >= 0.3 is 5.97 Å². The van der Waals surface area contributed by atoms with Crippen LogP contribution in [0.3, 0.4) is 0 Å². The van der Waals surface area contributed by atoms with E-state index in [4.69, 9.17) is 9.16 Å². The Labute approximate surface area is 75.2 Å². The number of carbonyl (C=O) groups excluding carboxylic acids is 1. The fourth-order valence-electron chi connectivity index (χ4n) is 1.29. The fraction of sp³-hybridized carbons (Fsp3) is 0.857. The van der Waals surface area contributed by atoms with E-state index in [0.717, 1.165) is 17.0 Å². The molecule has 0 spiro atoms. The largest absolute Gasteiger partial charge is 0.459 e. The van der Waals surface area contributed by atoms with E-state index in [1.807, 2.05) is 6.92 Å². The quantitative estimate of drug-likeness (QED) is 0.437. The minimum absolute atomic E-state index is 0.00597. The summed E-state index contributed by atoms with van der Waals surface area (Å²) in [6.45, 7) is 4.17. The number of rotatable bonds is 3. The topological polar surface area (TPSA) is 47.6 Å². The van der Waals surface area contributed by atoms with Gasteiger partial charge < -0.3 is 14.5 Å². The van der Waals surface area contributed by atoms with E-state index in [9.17, 15) is 4.79 Å². The van der Waals surface area contributed by atoms with Crippen LogP contribution in [0.4, 0.5) is 0 Å². The van der Waals surface area contributed by atoms with Crippen LogP contribution >= 0.6 is 0 Å². The maximum absolute atomic E-state index is 10.6. The lowest BCUT2D eigenvalue weighted by Gasteiger charge is -2.40. The van der Waals surface area contributed by atoms with Gasteiger partial charge in [-0.25, -0.2) is 0 Å². The molecular formula is C7H15NO3Si. The second-order valence-corrected chi connectivity index (χ2v) is 3.49. The molecule has 0 radical (unpaired) electrons. The second-order valence-electron chi connectivity index (χ2n) is 3.02. The third-order valence-electron chi connectivity index (χ3n) is 2.15. The van der Waals surface area contributed by atoms with Crippen LogP contribution in [0.1, 0.15) is 13.8 Å². The number of nitrogens with one attached hydrogen (secondary N) is 1. The van der Waals surface area contributed by atoms with E-state index in [0.29, 0.717) is 0 Å². The van der Waals surface area contributed by atoms with Crippen molar-refractivity contribution < 1.29 is 14.0 Å². The highest BCUT2D eigenvalue weighted by Crippen LogP contribution is 2.14. The predicted molar refractivity (Wildman–Crippen MR) is 47.8 cm³/mol. The van der Waals surface area contributed by atoms with Gasteiger partial charge in [-0.15, -0.1) is 0 Å². The zero-order chi connectivity index (χ0) is 9.14. The van der Waals surface area contributed by atoms with Crippen LogP contribution in [0.25, 0.3) is 0 Å². The number of esters is 1. The molecule has 0 amide bonds. The summed E-state index contributed by atoms with van der Waals surface area (Å²) in [4.78, 5) is 10.6. The molecule has 1 saturated heterocycles. The molecule has 1 heterocycles. The van der Waals surface area contributed by atoms with Crippen molar-refractivity contribution in [1.82, 2.24) is 5.32 Å². The Bertz CT molecular complexity index is 176. The fourth-order valence-corrected chi connectivity index (χ4v) is 1.59. The van der Waals surface area contributed by atoms with Gasteiger partial charge in [0.15, 0.2) is 0 Å². The molecule has 1 fully saturated rings. The second kappa shape index (κ2) is 4.02. The van der Waals surface area contributed by atoms with E-state index in [-0.39, 0.29) is 24.2 Å². The molecule has 3 atom stereocenters. The summed E-state index contributed by atoms with van der Waals surface area (Å²) in [5.41, 5.74) is 0. The molecule has 0 aromatic rings. The highest BCUT2D eigenvalue weighted by atomic mass is 28.2. The molecule has 4 nitrogen and oxygen atoms in total. The Kier molecular flexibility index (Phi) is 3.25. The van der Waals surface area contributed by atoms with Crippen molar-refractivity contribution in [2.24, 2.45) is 0 Å². The van der Waals surface area contributed by atoms with Crippen LogP contribution in [-0.2, 0) is 14.0 Å². The SMILES string of the molecule is CC(=O)OC1CNC1C(C)O[SiH3]. The Hall–Kier alpha value is -0.393. The van der Waals surface area contributed by atoms with Gasteiger partial charge in [0.25, 0.3) is 0 Å². The van der Waals surface area contributed by atoms with Gasteiger partial charge in [-0.3, -0.25) is 4.79 Å². The van der Waals surface area contributed by atoms with Crippen molar-refractivity contribution in [1.29, 1.82) is 0 Å². The van der Waals surface area contributed by atoms with Gasteiger partial charge in [-0.05, 0) is 6.92 Å². The third kappa shape index (κ3) is 2.06. The minimum Gasteiger partial charge on any atom is -0.459 e. The third-order valence-corrected chi connectivity index (χ3v) is 2.89. The van der Waals surface area contributed by atoms with E-state index in [1.165, 1.54) is 6.92 Å². The molecule has 5 heteroatoms. The highest BCUT2D eigenvalue weighted by molar-refractivity contribution is 5.98. The maximum Gasteiger partial charge on any atom is 0.303 e. The van der Waals surface area contributed by atoms with Crippen LogP contribution in [0.15, 0.2) is 0 Å². The summed E-state index contributed by atoms with van der Waals surface area (Å²) in [5.74, 6) is -0.216. The van der Waals surface area contributed by atoms with Crippen LogP contribution < -0.4 is 5.32 Å². The van der Waals surface area contributed by atoms with Crippen molar-refractivity contribution >= 4 is 16.5 Å². The van der Waals surface area contributed by atoms with Gasteiger partial charge in [0.05, 0.1) is 12.1 Å². The molecule has 3 unspecified atom stereocenters. The van der Waals surface area contributed by atoms with Gasteiger partial charge in [0.2, 0.25) is 0 Å². The molecule has 12 heavy (non-hydrogen) atoms. The van der Waals surface area contributed by atoms with E-state index in [1.54, 1.807) is 0 Å². The van der Waals surface area contributed by atoms with Gasteiger partial charge in [0, 0.05) is 13.5 Å². The first-order chi connectivity index (χ1) is 5.65. The Morgan fingerprint density at radius 2 is 2.42 bits per heavy atom. The normalized spacial score (nSPS) is 30.8. The minimum atomic E-state index is -0.216. The lowest BCUT2D eigenvalue weighted by Crippen LogP contribution is -2.63. The average molecular weight is 189 g/mol. The highest BCUT2D eigenvalue weighted by Gasteiger charge is 2.36. The summed E-state index contributed by atoms with van der Waals surface area (Å²) < 4.78 is 10.3. The smallest absolute Gasteiger partial charge is 0.303 e. The number of hydrogen-bond acceptors (Lipinski definition) is 4. The van der Waals surface area contributed by atoms with Crippen LogP contribution in [0.2, 0.25) is 0 Å². The molecule has 0 bridgehead atoms. The number of ether oxygens (including phenoxy) is 1. The summed E-state index contributed by atoms with van der Waals surface area (Å²) in [5, 5.41) is 3.17. The van der Waals surface area contributed by atoms with Crippen molar-refractivity contribution in [3.8, 4) is 0 Å². The molecular weight excluding hydrogens is 174 g/mol. The lowest BCUT2D eigenvalue weighted by molar-refractivity contribution is -0.153. The van der Waals surface area contributed by atoms with Crippen LogP contribution in [0.5, 0.6) is 0 Å². The summed E-state index contributed by atoms with van der Waals surface area (Å²) >= 11 is 0. The molecule has 1 aliphatic heterocycles. The van der Waals surface area contributed by atoms with Crippen LogP contribution in [0, 0.1) is 0 Å². The Morgan fingerprint density at radius 1 is 1.75 bits per heavy atom. The van der Waals surface area contributed by atoms with Crippen molar-refractivity contribution in [2.75, 3.05) is 6.54 Å². The number of hydrogen-bond donors (Lipinski definition) is 1. The van der Waals surface area contributed by atoms with Gasteiger partial charge in [-0.2, -0.15) is 0 Å². The standard InChI is InChI=1S/C7H15NO3Si/c1-4(11-12)7-6(3-8-7)10-5(2)9/h4,6-8H,3H2,1-2,12H3. The monoisotopic (exact) mass is 189 g/mol. The van der Waals surface area contributed by atoms with Crippen molar-refractivity contribution in [3.05, 3.63) is 0 Å². The predicted octanol–water partition coefficient (Wildman–Crippen LogP) is -1.42. The lowest BCUT2D eigenvalue weighted by atomic mass is 9.98. The molecule has 0 saturated carbocycles. The Balaban J connectivity index is 2.33. The van der Waals surface area contributed by atoms with Crippen LogP contribution in [-0.4, -0.2) is 41.2 Å². The first-order valence-corrected chi connectivity index (χ1v) is 4.90. The first-order valence-electron chi connectivity index (χ1n) is 4.08. The van der Waals surface area contributed by atoms with E-state index >= 15 is 0 Å². The van der Waals surface area contributed by atoms with Crippen molar-refractivity contribution in [2.45, 2.75) is 32.1 Å². The Morgan fingerprint density at radius 3 is 2.75 bits per heavy atom. The molecule has 0 aromatic heterocycles. The van der Waals surface area contributed by atoms with Gasteiger partial charge in [0.1, 0.15) is 16.6 Å². The maximum atomic E-state index is 10.6. The average Bonchev–Trinajstić information content (AvgIpc) is 1.98. The van der Waals surface area contributed by atoms with Crippen molar-refractivity contribution in [3.63, 3.8) is 0 Å². The zero-order valence-corrected chi connectivity index (χ0v) is 9.66. The van der Waals surface area contributed by atoms with Gasteiger partial charge in [-0.1, -0.05) is 0 Å². The zero-order valence-electron chi connectivity index (χ0n) is 7.66. The molecule has 1 rings (SSSR count). The summed E-state index contributed by atoms with van der Waals surface area (Å²) in [6, 6.07) is 0.186. The summed E-state index contributed by atoms with van der Waals surface area (Å²) in [6.07, 6.45) is 0.154. The molecule has 1 N–H and O–H groups in total. The molecule has 0 aliphatic carbocycles. The van der Waals surface area contributed by atoms with E-state index < -0.39 is 0 Å². The molecule has 0 aromatic carbocycles. The van der Waals surface area contributed by atoms with E-state index in [2.05, 4.69) is 5.32 Å². The summed E-state index contributed by atoms with van der Waals surface area (Å²) in [7, 11) is 0.719. The molecule has 70 valence electrons. The number of carbonyl (C=O) groups is 1.